The Morgan fingerprint density at radius 1 is 1.33 bits per heavy atom. The van der Waals surface area contributed by atoms with Crippen molar-refractivity contribution in [2.75, 3.05) is 19.4 Å². The molecule has 1 aliphatic carbocycles. The third-order valence-corrected chi connectivity index (χ3v) is 6.29. The number of hydrogen-bond donors (Lipinski definition) is 4. The lowest BCUT2D eigenvalue weighted by atomic mass is 9.93. The largest absolute Gasteiger partial charge is 0.374 e. The SMILES string of the molecule is CC(O)Nc1nc(CCC2C=CC(N=C(N)N)=CC2)c(Cc2ccc(C(=O)N(C)C)cc2)s1. The van der Waals surface area contributed by atoms with E-state index in [1.54, 1.807) is 37.3 Å². The molecule has 6 N–H and O–H groups in total. The molecule has 2 unspecified atom stereocenters. The predicted octanol–water partition coefficient (Wildman–Crippen LogP) is 2.85. The Labute approximate surface area is 198 Å². The zero-order valence-electron chi connectivity index (χ0n) is 19.3. The van der Waals surface area contributed by atoms with E-state index in [1.165, 1.54) is 0 Å². The molecule has 0 saturated heterocycles. The Bertz CT molecular complexity index is 1050. The van der Waals surface area contributed by atoms with Crippen LogP contribution < -0.4 is 16.8 Å². The van der Waals surface area contributed by atoms with Gasteiger partial charge in [0.2, 0.25) is 0 Å². The van der Waals surface area contributed by atoms with Crippen molar-refractivity contribution in [1.82, 2.24) is 9.88 Å². The summed E-state index contributed by atoms with van der Waals surface area (Å²) in [5.41, 5.74) is 14.5. The van der Waals surface area contributed by atoms with Gasteiger partial charge in [-0.2, -0.15) is 0 Å². The van der Waals surface area contributed by atoms with Crippen LogP contribution in [0.1, 0.15) is 46.3 Å². The summed E-state index contributed by atoms with van der Waals surface area (Å²) in [7, 11) is 3.49. The number of guanidine groups is 1. The average molecular weight is 469 g/mol. The van der Waals surface area contributed by atoms with Gasteiger partial charge in [-0.05, 0) is 55.9 Å². The minimum atomic E-state index is -0.673. The van der Waals surface area contributed by atoms with E-state index >= 15 is 0 Å². The maximum absolute atomic E-state index is 12.1. The number of carbonyl (C=O) groups is 1. The molecule has 0 spiro atoms. The number of anilines is 1. The van der Waals surface area contributed by atoms with Crippen molar-refractivity contribution >= 4 is 28.3 Å². The molecule has 3 rings (SSSR count). The van der Waals surface area contributed by atoms with Crippen LogP contribution in [0.4, 0.5) is 5.13 Å². The number of aliphatic hydroxyl groups excluding tert-OH is 1. The Balaban J connectivity index is 1.70. The molecular weight excluding hydrogens is 436 g/mol. The van der Waals surface area contributed by atoms with Crippen molar-refractivity contribution in [2.45, 2.75) is 38.8 Å². The van der Waals surface area contributed by atoms with Crippen LogP contribution in [-0.4, -0.2) is 47.2 Å². The summed E-state index contributed by atoms with van der Waals surface area (Å²) in [5.74, 6) is 0.441. The number of carbonyl (C=O) groups excluding carboxylic acids is 1. The first-order valence-electron chi connectivity index (χ1n) is 10.9. The summed E-state index contributed by atoms with van der Waals surface area (Å²) in [6.07, 6.45) is 8.84. The Morgan fingerprint density at radius 2 is 2.06 bits per heavy atom. The van der Waals surface area contributed by atoms with Crippen LogP contribution in [0, 0.1) is 5.92 Å². The molecule has 2 aromatic rings. The number of hydrogen-bond acceptors (Lipinski definition) is 6. The maximum Gasteiger partial charge on any atom is 0.253 e. The zero-order valence-corrected chi connectivity index (χ0v) is 20.1. The summed E-state index contributed by atoms with van der Waals surface area (Å²) in [6, 6.07) is 7.70. The van der Waals surface area contributed by atoms with Gasteiger partial charge in [-0.15, -0.1) is 11.3 Å². The van der Waals surface area contributed by atoms with Gasteiger partial charge in [0.15, 0.2) is 11.1 Å². The second-order valence-corrected chi connectivity index (χ2v) is 9.43. The van der Waals surface area contributed by atoms with Gasteiger partial charge in [0.25, 0.3) is 5.91 Å². The van der Waals surface area contributed by atoms with E-state index in [0.717, 1.165) is 47.5 Å². The Kier molecular flexibility index (Phi) is 8.24. The normalized spacial score (nSPS) is 16.1. The van der Waals surface area contributed by atoms with Gasteiger partial charge in [-0.1, -0.05) is 24.3 Å². The van der Waals surface area contributed by atoms with Crippen molar-refractivity contribution in [1.29, 1.82) is 0 Å². The number of nitrogens with two attached hydrogens (primary N) is 2. The number of amides is 1. The smallest absolute Gasteiger partial charge is 0.253 e. The number of rotatable bonds is 9. The highest BCUT2D eigenvalue weighted by molar-refractivity contribution is 7.15. The van der Waals surface area contributed by atoms with E-state index in [2.05, 4.69) is 16.4 Å². The fraction of sp³-hybridized carbons (Fsp3) is 0.375. The van der Waals surface area contributed by atoms with Gasteiger partial charge < -0.3 is 26.8 Å². The lowest BCUT2D eigenvalue weighted by Gasteiger charge is -2.14. The second kappa shape index (κ2) is 11.1. The quantitative estimate of drug-likeness (QED) is 0.254. The fourth-order valence-electron chi connectivity index (χ4n) is 3.59. The molecule has 0 fully saturated rings. The summed E-state index contributed by atoms with van der Waals surface area (Å²) < 4.78 is 0. The lowest BCUT2D eigenvalue weighted by Crippen LogP contribution is -2.22. The first-order chi connectivity index (χ1) is 15.7. The molecule has 176 valence electrons. The van der Waals surface area contributed by atoms with Gasteiger partial charge in [0.1, 0.15) is 6.23 Å². The topological polar surface area (TPSA) is 130 Å². The minimum absolute atomic E-state index is 0.0129. The number of aryl methyl sites for hydroxylation is 1. The van der Waals surface area contributed by atoms with Crippen LogP contribution in [0.3, 0.4) is 0 Å². The van der Waals surface area contributed by atoms with Crippen LogP contribution in [0.15, 0.2) is 53.2 Å². The van der Waals surface area contributed by atoms with Crippen molar-refractivity contribution in [3.05, 3.63) is 69.9 Å². The summed E-state index contributed by atoms with van der Waals surface area (Å²) in [4.78, 5) is 23.7. The van der Waals surface area contributed by atoms with Crippen LogP contribution >= 0.6 is 11.3 Å². The van der Waals surface area contributed by atoms with E-state index in [-0.39, 0.29) is 11.9 Å². The Morgan fingerprint density at radius 3 is 2.64 bits per heavy atom. The molecule has 1 aliphatic rings. The number of aliphatic imine (C=N–C) groups is 1. The molecule has 2 atom stereocenters. The van der Waals surface area contributed by atoms with E-state index in [9.17, 15) is 9.90 Å². The maximum atomic E-state index is 12.1. The Hall–Kier alpha value is -3.17. The third kappa shape index (κ3) is 7.16. The van der Waals surface area contributed by atoms with Gasteiger partial charge in [-0.3, -0.25) is 4.79 Å². The van der Waals surface area contributed by atoms with E-state index < -0.39 is 6.23 Å². The van der Waals surface area contributed by atoms with Crippen LogP contribution in [0.2, 0.25) is 0 Å². The summed E-state index contributed by atoms with van der Waals surface area (Å²) >= 11 is 1.56. The molecule has 33 heavy (non-hydrogen) atoms. The minimum Gasteiger partial charge on any atom is -0.374 e. The molecule has 1 aromatic carbocycles. The number of aromatic nitrogens is 1. The number of nitrogens with one attached hydrogen (secondary N) is 1. The third-order valence-electron chi connectivity index (χ3n) is 5.26. The fourth-order valence-corrected chi connectivity index (χ4v) is 4.71. The van der Waals surface area contributed by atoms with Crippen LogP contribution in [0.25, 0.3) is 0 Å². The molecule has 1 aromatic heterocycles. The average Bonchev–Trinajstić information content (AvgIpc) is 3.13. The number of nitrogens with zero attached hydrogens (tertiary/aromatic N) is 3. The molecule has 8 nitrogen and oxygen atoms in total. The summed E-state index contributed by atoms with van der Waals surface area (Å²) in [5, 5.41) is 13.4. The highest BCUT2D eigenvalue weighted by Crippen LogP contribution is 2.29. The zero-order chi connectivity index (χ0) is 24.0. The van der Waals surface area contributed by atoms with Crippen molar-refractivity contribution in [3.8, 4) is 0 Å². The standard InChI is InChI=1S/C24H32N6O2S/c1-15(31)27-24-29-20(13-8-16-6-11-19(12-7-16)28-23(25)26)21(33-24)14-17-4-9-18(10-5-17)22(32)30(2)3/h4-6,9-12,15-16,31H,7-8,13-14H2,1-3H3,(H,27,29)(H4,25,26,28). The molecule has 1 heterocycles. The number of benzene rings is 1. The predicted molar refractivity (Wildman–Crippen MR) is 134 cm³/mol. The van der Waals surface area contributed by atoms with Crippen molar-refractivity contribution < 1.29 is 9.90 Å². The molecule has 0 radical (unpaired) electrons. The first-order valence-corrected chi connectivity index (χ1v) is 11.7. The lowest BCUT2D eigenvalue weighted by molar-refractivity contribution is 0.0827. The molecule has 0 saturated carbocycles. The second-order valence-electron chi connectivity index (χ2n) is 8.34. The summed E-state index contributed by atoms with van der Waals surface area (Å²) in [6.45, 7) is 1.68. The van der Waals surface area contributed by atoms with E-state index in [4.69, 9.17) is 16.5 Å². The van der Waals surface area contributed by atoms with E-state index in [1.807, 2.05) is 36.4 Å². The van der Waals surface area contributed by atoms with Crippen molar-refractivity contribution in [2.24, 2.45) is 22.4 Å². The molecule has 0 aliphatic heterocycles. The van der Waals surface area contributed by atoms with E-state index in [0.29, 0.717) is 16.6 Å². The van der Waals surface area contributed by atoms with Gasteiger partial charge in [-0.25, -0.2) is 9.98 Å². The first kappa shape index (κ1) is 24.5. The number of aliphatic hydroxyl groups is 1. The highest BCUT2D eigenvalue weighted by Gasteiger charge is 2.16. The van der Waals surface area contributed by atoms with Crippen molar-refractivity contribution in [3.63, 3.8) is 0 Å². The molecule has 0 bridgehead atoms. The highest BCUT2D eigenvalue weighted by atomic mass is 32.1. The monoisotopic (exact) mass is 468 g/mol. The van der Waals surface area contributed by atoms with Crippen LogP contribution in [-0.2, 0) is 12.8 Å². The van der Waals surface area contributed by atoms with Gasteiger partial charge in [0.05, 0.1) is 11.4 Å². The van der Waals surface area contributed by atoms with Gasteiger partial charge in [0, 0.05) is 31.0 Å². The molecule has 9 heteroatoms. The van der Waals surface area contributed by atoms with Gasteiger partial charge >= 0.3 is 0 Å². The number of thiazole rings is 1. The molecule has 1 amide bonds. The van der Waals surface area contributed by atoms with Crippen LogP contribution in [0.5, 0.6) is 0 Å². The molecular formula is C24H32N6O2S. The number of allylic oxidation sites excluding steroid dienone is 3.